The molecule has 2 N–H and O–H groups in total. The first-order chi connectivity index (χ1) is 20.2. The molecule has 0 unspecified atom stereocenters. The molecule has 3 aliphatic rings. The molecular formula is C29H30FN7O5. The number of carbonyl (C=O) groups is 1. The molecule has 6 heterocycles. The monoisotopic (exact) mass is 575 g/mol. The van der Waals surface area contributed by atoms with Crippen molar-refractivity contribution < 1.29 is 23.4 Å². The van der Waals surface area contributed by atoms with Gasteiger partial charge < -0.3 is 24.5 Å². The quantitative estimate of drug-likeness (QED) is 0.329. The van der Waals surface area contributed by atoms with Gasteiger partial charge in [-0.3, -0.25) is 13.8 Å². The molecule has 0 radical (unpaired) electrons. The second-order valence-electron chi connectivity index (χ2n) is 11.0. The van der Waals surface area contributed by atoms with E-state index in [0.29, 0.717) is 51.9 Å². The molecule has 5 aromatic rings. The highest BCUT2D eigenvalue weighted by molar-refractivity contribution is 6.14. The van der Waals surface area contributed by atoms with Gasteiger partial charge in [-0.25, -0.2) is 14.6 Å². The molecule has 0 saturated heterocycles. The van der Waals surface area contributed by atoms with Gasteiger partial charge in [0.1, 0.15) is 18.0 Å². The summed E-state index contributed by atoms with van der Waals surface area (Å²) in [6.45, 7) is 2.19. The number of aryl methyl sites for hydroxylation is 2. The van der Waals surface area contributed by atoms with Crippen LogP contribution < -0.4 is 15.7 Å². The maximum atomic E-state index is 15.1. The first kappa shape index (κ1) is 26.3. The van der Waals surface area contributed by atoms with Gasteiger partial charge in [-0.2, -0.15) is 4.39 Å². The SMILES string of the molecule is COC(=O)N[C@H]1C[C@H]2C[C@@H]1O[C@H](C)COc1ccc(cc1)-c1c(-c3cn(C)nc3F)[nH]c3ncc4c(c13)n2c(=O)n4C. The maximum Gasteiger partial charge on any atom is 0.407 e. The van der Waals surface area contributed by atoms with Crippen molar-refractivity contribution in [3.05, 3.63) is 53.1 Å². The number of imidazole rings is 1. The van der Waals surface area contributed by atoms with Crippen molar-refractivity contribution in [3.8, 4) is 28.1 Å². The van der Waals surface area contributed by atoms with E-state index in [1.54, 1.807) is 35.6 Å². The molecule has 4 aromatic heterocycles. The number of alkyl carbamates (subject to hydrolysis) is 1. The number of carbonyl (C=O) groups excluding carboxylic acids is 1. The summed E-state index contributed by atoms with van der Waals surface area (Å²) in [7, 11) is 4.68. The van der Waals surface area contributed by atoms with Crippen LogP contribution in [0.3, 0.4) is 0 Å². The fourth-order valence-electron chi connectivity index (χ4n) is 6.40. The molecule has 4 atom stereocenters. The van der Waals surface area contributed by atoms with E-state index in [2.05, 4.69) is 20.4 Å². The number of ether oxygens (including phenoxy) is 3. The van der Waals surface area contributed by atoms with Gasteiger partial charge in [0.05, 0.1) is 59.2 Å². The molecule has 1 fully saturated rings. The summed E-state index contributed by atoms with van der Waals surface area (Å²) in [4.78, 5) is 34.2. The van der Waals surface area contributed by atoms with Crippen LogP contribution in [-0.4, -0.2) is 66.9 Å². The zero-order valence-electron chi connectivity index (χ0n) is 23.6. The number of fused-ring (bicyclic) bond motifs is 5. The largest absolute Gasteiger partial charge is 0.491 e. The Hall–Kier alpha value is -4.65. The molecule has 1 saturated carbocycles. The molecule has 1 amide bonds. The van der Waals surface area contributed by atoms with E-state index in [-0.39, 0.29) is 30.0 Å². The van der Waals surface area contributed by atoms with Crippen LogP contribution in [0.15, 0.2) is 41.5 Å². The zero-order valence-corrected chi connectivity index (χ0v) is 23.6. The van der Waals surface area contributed by atoms with Crippen molar-refractivity contribution in [2.45, 2.75) is 44.1 Å². The van der Waals surface area contributed by atoms with Crippen molar-refractivity contribution >= 4 is 28.2 Å². The Morgan fingerprint density at radius 3 is 2.71 bits per heavy atom. The number of nitrogens with zero attached hydrogens (tertiary/aromatic N) is 5. The van der Waals surface area contributed by atoms with Crippen LogP contribution in [-0.2, 0) is 23.6 Å². The van der Waals surface area contributed by atoms with Crippen LogP contribution in [0.25, 0.3) is 44.5 Å². The Bertz CT molecular complexity index is 1900. The van der Waals surface area contributed by atoms with Gasteiger partial charge in [-0.1, -0.05) is 12.1 Å². The van der Waals surface area contributed by atoms with Crippen molar-refractivity contribution in [2.75, 3.05) is 13.7 Å². The molecule has 218 valence electrons. The summed E-state index contributed by atoms with van der Waals surface area (Å²) in [6.07, 6.45) is 2.91. The summed E-state index contributed by atoms with van der Waals surface area (Å²) >= 11 is 0. The topological polar surface area (TPSA) is 130 Å². The number of H-pyrrole nitrogens is 1. The smallest absolute Gasteiger partial charge is 0.407 e. The molecule has 42 heavy (non-hydrogen) atoms. The van der Waals surface area contributed by atoms with Crippen LogP contribution >= 0.6 is 0 Å². The van der Waals surface area contributed by atoms with Gasteiger partial charge in [0, 0.05) is 31.9 Å². The highest BCUT2D eigenvalue weighted by Crippen LogP contribution is 2.43. The zero-order chi connectivity index (χ0) is 29.3. The van der Waals surface area contributed by atoms with Crippen LogP contribution in [0.2, 0.25) is 0 Å². The molecule has 4 bridgehead atoms. The van der Waals surface area contributed by atoms with Crippen molar-refractivity contribution in [3.63, 3.8) is 0 Å². The van der Waals surface area contributed by atoms with Crippen LogP contribution in [0.5, 0.6) is 5.75 Å². The minimum atomic E-state index is -0.626. The molecule has 1 aliphatic carbocycles. The second-order valence-corrected chi connectivity index (χ2v) is 11.0. The standard InChI is InChI=1S/C29H30FN7O5/c1-14-13-41-17-7-5-15(6-8-17)22-23-25-20(11-31-27(23)33-24(22)18-12-35(2)34-26(18)30)36(3)29(39)37(25)16-9-19(21(10-16)42-14)32-28(38)40-4/h5-8,11-12,14,16,19,21H,9-10,13H2,1-4H3,(H,31,33)(H,32,38)/t14-,16+,19+,21+/m1/s1. The van der Waals surface area contributed by atoms with Gasteiger partial charge in [-0.05, 0) is 37.5 Å². The number of methoxy groups -OCH3 is 1. The molecular weight excluding hydrogens is 545 g/mol. The van der Waals surface area contributed by atoms with E-state index < -0.39 is 24.2 Å². The fraction of sp³-hybridized carbons (Fsp3) is 0.379. The minimum Gasteiger partial charge on any atom is -0.491 e. The Morgan fingerprint density at radius 2 is 2.00 bits per heavy atom. The van der Waals surface area contributed by atoms with Crippen LogP contribution in [0, 0.1) is 5.95 Å². The number of nitrogens with one attached hydrogen (secondary N) is 2. The van der Waals surface area contributed by atoms with Crippen LogP contribution in [0.1, 0.15) is 25.8 Å². The summed E-state index contributed by atoms with van der Waals surface area (Å²) < 4.78 is 37.2. The number of aromatic nitrogens is 6. The third-order valence-corrected chi connectivity index (χ3v) is 8.29. The average Bonchev–Trinajstić information content (AvgIpc) is 3.70. The molecule has 12 nitrogen and oxygen atoms in total. The van der Waals surface area contributed by atoms with Crippen LogP contribution in [0.4, 0.5) is 9.18 Å². The lowest BCUT2D eigenvalue weighted by atomic mass is 9.99. The fourth-order valence-corrected chi connectivity index (χ4v) is 6.40. The van der Waals surface area contributed by atoms with E-state index >= 15 is 4.39 Å². The Morgan fingerprint density at radius 1 is 1.21 bits per heavy atom. The third-order valence-electron chi connectivity index (χ3n) is 8.29. The number of benzene rings is 1. The Labute approximate surface area is 239 Å². The summed E-state index contributed by atoms with van der Waals surface area (Å²) in [5.74, 6) is 0.0193. The van der Waals surface area contributed by atoms with E-state index in [1.165, 1.54) is 11.8 Å². The van der Waals surface area contributed by atoms with Gasteiger partial charge in [-0.15, -0.1) is 5.10 Å². The lowest BCUT2D eigenvalue weighted by Crippen LogP contribution is -2.42. The first-order valence-electron chi connectivity index (χ1n) is 13.8. The lowest BCUT2D eigenvalue weighted by Gasteiger charge is -2.24. The minimum absolute atomic E-state index is 0.223. The third kappa shape index (κ3) is 4.06. The molecule has 2 aliphatic heterocycles. The van der Waals surface area contributed by atoms with Gasteiger partial charge in [0.15, 0.2) is 0 Å². The predicted octanol–water partition coefficient (Wildman–Crippen LogP) is 3.65. The van der Waals surface area contributed by atoms with E-state index in [4.69, 9.17) is 14.2 Å². The molecule has 13 heteroatoms. The number of pyridine rings is 1. The summed E-state index contributed by atoms with van der Waals surface area (Å²) in [5.41, 5.74) is 3.85. The Kier molecular flexibility index (Phi) is 6.08. The Balaban J connectivity index is 1.54. The summed E-state index contributed by atoms with van der Waals surface area (Å²) in [6, 6.07) is 6.80. The number of amides is 1. The molecule has 1 aromatic carbocycles. The number of halogens is 1. The number of aromatic amines is 1. The van der Waals surface area contributed by atoms with E-state index in [1.807, 2.05) is 31.2 Å². The van der Waals surface area contributed by atoms with E-state index in [9.17, 15) is 9.59 Å². The average molecular weight is 576 g/mol. The number of hydrogen-bond acceptors (Lipinski definition) is 7. The second kappa shape index (κ2) is 9.72. The van der Waals surface area contributed by atoms with Crippen molar-refractivity contribution in [1.29, 1.82) is 0 Å². The molecule has 8 rings (SSSR count). The highest BCUT2D eigenvalue weighted by atomic mass is 19.1. The van der Waals surface area contributed by atoms with Crippen molar-refractivity contribution in [1.82, 2.24) is 34.2 Å². The number of rotatable bonds is 2. The number of hydrogen-bond donors (Lipinski definition) is 2. The van der Waals surface area contributed by atoms with Gasteiger partial charge in [0.2, 0.25) is 5.95 Å². The maximum absolute atomic E-state index is 15.1. The predicted molar refractivity (Wildman–Crippen MR) is 152 cm³/mol. The lowest BCUT2D eigenvalue weighted by molar-refractivity contribution is -0.0322. The normalized spacial score (nSPS) is 21.9. The van der Waals surface area contributed by atoms with Gasteiger partial charge in [0.25, 0.3) is 0 Å². The van der Waals surface area contributed by atoms with Gasteiger partial charge >= 0.3 is 11.8 Å². The van der Waals surface area contributed by atoms with E-state index in [0.717, 1.165) is 5.56 Å². The van der Waals surface area contributed by atoms with Crippen molar-refractivity contribution in [2.24, 2.45) is 14.1 Å². The highest BCUT2D eigenvalue weighted by Gasteiger charge is 2.40. The summed E-state index contributed by atoms with van der Waals surface area (Å²) in [5, 5.41) is 7.50. The first-order valence-corrected chi connectivity index (χ1v) is 13.8. The molecule has 0 spiro atoms.